The van der Waals surface area contributed by atoms with Gasteiger partial charge in [-0.2, -0.15) is 0 Å². The molecule has 5 heteroatoms. The third kappa shape index (κ3) is 1.94. The Morgan fingerprint density at radius 1 is 1.33 bits per heavy atom. The van der Waals surface area contributed by atoms with E-state index in [1.165, 1.54) is 0 Å². The molecule has 2 aromatic rings. The first-order chi connectivity index (χ1) is 8.78. The Bertz CT molecular complexity index is 574. The van der Waals surface area contributed by atoms with Gasteiger partial charge in [0.2, 0.25) is 0 Å². The van der Waals surface area contributed by atoms with E-state index in [1.807, 2.05) is 12.1 Å². The van der Waals surface area contributed by atoms with Crippen LogP contribution in [0.5, 0.6) is 5.75 Å². The summed E-state index contributed by atoms with van der Waals surface area (Å²) in [6.07, 6.45) is 4.20. The molecule has 2 heterocycles. The van der Waals surface area contributed by atoms with E-state index in [9.17, 15) is 0 Å². The number of aromatic nitrogens is 2. The molecule has 0 amide bonds. The standard InChI is InChI=1S/C13H12ClN3O/c14-9-4-8-5-10(7-15)18-12(8)11(6-9)13-16-2-1-3-17-13/h1-4,6,10H,5,7,15H2. The van der Waals surface area contributed by atoms with Crippen LogP contribution in [-0.2, 0) is 6.42 Å². The van der Waals surface area contributed by atoms with E-state index in [0.717, 1.165) is 23.3 Å². The van der Waals surface area contributed by atoms with Gasteiger partial charge in [0.1, 0.15) is 11.9 Å². The highest BCUT2D eigenvalue weighted by Crippen LogP contribution is 2.39. The van der Waals surface area contributed by atoms with Crippen LogP contribution in [0.25, 0.3) is 11.4 Å². The summed E-state index contributed by atoms with van der Waals surface area (Å²) < 4.78 is 5.83. The van der Waals surface area contributed by atoms with Crippen LogP contribution >= 0.6 is 11.6 Å². The molecule has 0 saturated carbocycles. The van der Waals surface area contributed by atoms with E-state index in [0.29, 0.717) is 17.4 Å². The highest BCUT2D eigenvalue weighted by atomic mass is 35.5. The maximum atomic E-state index is 6.13. The fourth-order valence-electron chi connectivity index (χ4n) is 2.13. The van der Waals surface area contributed by atoms with Gasteiger partial charge in [-0.05, 0) is 18.2 Å². The van der Waals surface area contributed by atoms with Crippen molar-refractivity contribution in [1.82, 2.24) is 9.97 Å². The Morgan fingerprint density at radius 2 is 2.11 bits per heavy atom. The molecule has 0 saturated heterocycles. The summed E-state index contributed by atoms with van der Waals surface area (Å²) in [5.74, 6) is 1.43. The number of fused-ring (bicyclic) bond motifs is 1. The highest BCUT2D eigenvalue weighted by molar-refractivity contribution is 6.31. The molecule has 1 unspecified atom stereocenters. The fourth-order valence-corrected chi connectivity index (χ4v) is 2.37. The second kappa shape index (κ2) is 4.55. The quantitative estimate of drug-likeness (QED) is 0.899. The van der Waals surface area contributed by atoms with Crippen LogP contribution < -0.4 is 10.5 Å². The van der Waals surface area contributed by atoms with Crippen LogP contribution in [0.4, 0.5) is 0 Å². The third-order valence-corrected chi connectivity index (χ3v) is 3.15. The average Bonchev–Trinajstić information content (AvgIpc) is 2.81. The van der Waals surface area contributed by atoms with Crippen LogP contribution in [0.2, 0.25) is 5.02 Å². The second-order valence-corrected chi connectivity index (χ2v) is 4.63. The van der Waals surface area contributed by atoms with Crippen molar-refractivity contribution < 1.29 is 4.74 Å². The normalized spacial score (nSPS) is 17.3. The van der Waals surface area contributed by atoms with Crippen LogP contribution in [0.3, 0.4) is 0 Å². The van der Waals surface area contributed by atoms with E-state index in [1.54, 1.807) is 18.5 Å². The number of benzene rings is 1. The molecule has 0 aliphatic carbocycles. The summed E-state index contributed by atoms with van der Waals surface area (Å²) in [4.78, 5) is 8.47. The van der Waals surface area contributed by atoms with Crippen molar-refractivity contribution in [2.75, 3.05) is 6.54 Å². The Balaban J connectivity index is 2.12. The lowest BCUT2D eigenvalue weighted by atomic mass is 10.1. The van der Waals surface area contributed by atoms with E-state index < -0.39 is 0 Å². The van der Waals surface area contributed by atoms with Gasteiger partial charge < -0.3 is 10.5 Å². The molecular formula is C13H12ClN3O. The molecule has 0 bridgehead atoms. The molecule has 0 spiro atoms. The van der Waals surface area contributed by atoms with E-state index in [2.05, 4.69) is 9.97 Å². The lowest BCUT2D eigenvalue weighted by molar-refractivity contribution is 0.242. The summed E-state index contributed by atoms with van der Waals surface area (Å²) in [7, 11) is 0. The molecule has 18 heavy (non-hydrogen) atoms. The van der Waals surface area contributed by atoms with E-state index >= 15 is 0 Å². The van der Waals surface area contributed by atoms with Crippen molar-refractivity contribution >= 4 is 11.6 Å². The van der Waals surface area contributed by atoms with Gasteiger partial charge in [0.15, 0.2) is 5.82 Å². The van der Waals surface area contributed by atoms with Gasteiger partial charge in [-0.25, -0.2) is 9.97 Å². The summed E-state index contributed by atoms with van der Waals surface area (Å²) in [6.45, 7) is 0.487. The third-order valence-electron chi connectivity index (χ3n) is 2.93. The van der Waals surface area contributed by atoms with Crippen molar-refractivity contribution in [1.29, 1.82) is 0 Å². The number of hydrogen-bond donors (Lipinski definition) is 1. The molecule has 1 aromatic heterocycles. The lowest BCUT2D eigenvalue weighted by Gasteiger charge is -2.10. The number of hydrogen-bond acceptors (Lipinski definition) is 4. The molecule has 1 aliphatic rings. The summed E-state index contributed by atoms with van der Waals surface area (Å²) in [5.41, 5.74) is 7.55. The van der Waals surface area contributed by atoms with Crippen LogP contribution in [0, 0.1) is 0 Å². The molecule has 92 valence electrons. The van der Waals surface area contributed by atoms with Crippen LogP contribution in [0.15, 0.2) is 30.6 Å². The molecule has 4 nitrogen and oxygen atoms in total. The number of halogens is 1. The monoisotopic (exact) mass is 261 g/mol. The average molecular weight is 262 g/mol. The molecule has 3 rings (SSSR count). The SMILES string of the molecule is NCC1Cc2cc(Cl)cc(-c3ncccn3)c2O1. The van der Waals surface area contributed by atoms with E-state index in [-0.39, 0.29) is 6.10 Å². The van der Waals surface area contributed by atoms with Crippen LogP contribution in [-0.4, -0.2) is 22.6 Å². The number of nitrogens with two attached hydrogens (primary N) is 1. The molecule has 1 atom stereocenters. The zero-order valence-electron chi connectivity index (χ0n) is 9.64. The summed E-state index contributed by atoms with van der Waals surface area (Å²) in [6, 6.07) is 5.52. The molecule has 1 aromatic carbocycles. The number of rotatable bonds is 2. The van der Waals surface area contributed by atoms with Crippen molar-refractivity contribution in [2.45, 2.75) is 12.5 Å². The second-order valence-electron chi connectivity index (χ2n) is 4.19. The molecular weight excluding hydrogens is 250 g/mol. The molecule has 0 radical (unpaired) electrons. The minimum atomic E-state index is 0.0147. The Morgan fingerprint density at radius 3 is 2.83 bits per heavy atom. The summed E-state index contributed by atoms with van der Waals surface area (Å²) in [5, 5.41) is 0.664. The van der Waals surface area contributed by atoms with Gasteiger partial charge in [0.05, 0.1) is 5.56 Å². The van der Waals surface area contributed by atoms with Gasteiger partial charge in [0, 0.05) is 35.9 Å². The number of ether oxygens (including phenoxy) is 1. The van der Waals surface area contributed by atoms with Gasteiger partial charge >= 0.3 is 0 Å². The minimum absolute atomic E-state index is 0.0147. The van der Waals surface area contributed by atoms with Gasteiger partial charge in [-0.1, -0.05) is 11.6 Å². The highest BCUT2D eigenvalue weighted by Gasteiger charge is 2.26. The summed E-state index contributed by atoms with van der Waals surface area (Å²) >= 11 is 6.13. The maximum absolute atomic E-state index is 6.13. The Labute approximate surface area is 110 Å². The Hall–Kier alpha value is -1.65. The van der Waals surface area contributed by atoms with Gasteiger partial charge in [0.25, 0.3) is 0 Å². The minimum Gasteiger partial charge on any atom is -0.488 e. The van der Waals surface area contributed by atoms with Crippen molar-refractivity contribution in [3.8, 4) is 17.1 Å². The first-order valence-corrected chi connectivity index (χ1v) is 6.12. The number of nitrogens with zero attached hydrogens (tertiary/aromatic N) is 2. The zero-order chi connectivity index (χ0) is 12.5. The lowest BCUT2D eigenvalue weighted by Crippen LogP contribution is -2.24. The Kier molecular flexibility index (Phi) is 2.89. The smallest absolute Gasteiger partial charge is 0.162 e. The first kappa shape index (κ1) is 11.4. The molecule has 1 aliphatic heterocycles. The van der Waals surface area contributed by atoms with Crippen molar-refractivity contribution in [2.24, 2.45) is 5.73 Å². The first-order valence-electron chi connectivity index (χ1n) is 5.74. The van der Waals surface area contributed by atoms with Crippen molar-refractivity contribution in [3.63, 3.8) is 0 Å². The predicted octanol–water partition coefficient (Wildman–Crippen LogP) is 2.06. The largest absolute Gasteiger partial charge is 0.488 e. The molecule has 0 fully saturated rings. The predicted molar refractivity (Wildman–Crippen MR) is 69.7 cm³/mol. The fraction of sp³-hybridized carbons (Fsp3) is 0.231. The van der Waals surface area contributed by atoms with E-state index in [4.69, 9.17) is 22.1 Å². The van der Waals surface area contributed by atoms with Gasteiger partial charge in [-0.15, -0.1) is 0 Å². The topological polar surface area (TPSA) is 61.0 Å². The van der Waals surface area contributed by atoms with Gasteiger partial charge in [-0.3, -0.25) is 0 Å². The van der Waals surface area contributed by atoms with Crippen molar-refractivity contribution in [3.05, 3.63) is 41.2 Å². The maximum Gasteiger partial charge on any atom is 0.162 e. The molecule has 2 N–H and O–H groups in total. The van der Waals surface area contributed by atoms with Crippen LogP contribution in [0.1, 0.15) is 5.56 Å². The zero-order valence-corrected chi connectivity index (χ0v) is 10.4.